The number of pyridine rings is 3. The molecule has 0 N–H and O–H groups in total. The summed E-state index contributed by atoms with van der Waals surface area (Å²) in [5.41, 5.74) is 24.6. The largest absolute Gasteiger partial charge is 0.454 e. The van der Waals surface area contributed by atoms with Crippen LogP contribution in [0.4, 0.5) is 80.4 Å². The van der Waals surface area contributed by atoms with E-state index in [4.69, 9.17) is 37.5 Å². The van der Waals surface area contributed by atoms with Gasteiger partial charge in [0.2, 0.25) is 17.1 Å². The van der Waals surface area contributed by atoms with E-state index >= 15 is 0 Å². The Labute approximate surface area is 869 Å². The van der Waals surface area contributed by atoms with E-state index in [-0.39, 0.29) is 24.7 Å². The second-order valence-electron chi connectivity index (χ2n) is 39.1. The van der Waals surface area contributed by atoms with E-state index in [0.29, 0.717) is 52.0 Å². The smallest absolute Gasteiger partial charge is 0.227 e. The van der Waals surface area contributed by atoms with Crippen LogP contribution in [0.2, 0.25) is 0 Å². The highest BCUT2D eigenvalue weighted by Gasteiger charge is 2.44. The van der Waals surface area contributed by atoms with Gasteiger partial charge in [0.1, 0.15) is 53.7 Å². The fraction of sp³-hybridized carbons (Fsp3) is 0.248. The van der Waals surface area contributed by atoms with Gasteiger partial charge in [-0.3, -0.25) is 14.7 Å². The van der Waals surface area contributed by atoms with Crippen molar-refractivity contribution in [3.8, 4) is 0 Å². The third-order valence-electron chi connectivity index (χ3n) is 29.6. The lowest BCUT2D eigenvalue weighted by Crippen LogP contribution is -2.42. The molecule has 7 unspecified atom stereocenters. The first-order chi connectivity index (χ1) is 74.8. The summed E-state index contributed by atoms with van der Waals surface area (Å²) in [6.07, 6.45) is 23.0. The SMILES string of the molecule is Cc1ccc2c(oc3ncccc32)c1N1C=CN(C(C)C)C1C.Cc1ccc2c(oc3ncccc32)c1N1C=CN(C)C1C.Cc1ccc2c(oc3ncccc32)c1N1c2ccccc2N(C)C1C.[2H]C(C)(C)N1c2nccnc2N(c2c(C)ccc3c2oc2ccccc23)C1C.[2H]C([2H])([2H])C([2H])(C)N1c2nccnc2N(c2c(C)ccc3c2oc2ccccc23)C1C.[2H]C([2H])([2H])N1c2nccnc2N(c2c(C)ccc3c2oc2ccccc23)C1C. The van der Waals surface area contributed by atoms with Crippen LogP contribution < -0.4 is 49.0 Å². The number of fused-ring (bicyclic) bond motifs is 22. The molecule has 0 saturated carbocycles. The molecule has 18 heterocycles. The lowest BCUT2D eigenvalue weighted by molar-refractivity contribution is 0.263. The number of hydrogen-bond acceptors (Lipinski definition) is 27. The molecule has 7 atom stereocenters. The first-order valence-corrected chi connectivity index (χ1v) is 50.0. The Morgan fingerprint density at radius 1 is 0.270 bits per heavy atom. The fourth-order valence-corrected chi connectivity index (χ4v) is 22.2. The average Bonchev–Trinajstić information content (AvgIpc) is 1.57. The van der Waals surface area contributed by atoms with Gasteiger partial charge in [0.15, 0.2) is 68.4 Å². The van der Waals surface area contributed by atoms with Crippen molar-refractivity contribution in [2.24, 2.45) is 0 Å². The molecule has 0 aliphatic carbocycles. The number of hydrogen-bond donors (Lipinski definition) is 0. The lowest BCUT2D eigenvalue weighted by Gasteiger charge is -2.33. The van der Waals surface area contributed by atoms with E-state index < -0.39 is 38.2 Å². The van der Waals surface area contributed by atoms with E-state index in [1.54, 1.807) is 43.4 Å². The summed E-state index contributed by atoms with van der Waals surface area (Å²) in [7, 11) is 4.22. The van der Waals surface area contributed by atoms with Crippen LogP contribution in [0.3, 0.4) is 0 Å². The minimum Gasteiger partial charge on any atom is -0.454 e. The van der Waals surface area contributed by atoms with Crippen molar-refractivity contribution in [1.29, 1.82) is 0 Å². The fourth-order valence-electron chi connectivity index (χ4n) is 22.2. The maximum absolute atomic E-state index is 8.74. The van der Waals surface area contributed by atoms with Gasteiger partial charge in [0, 0.05) is 193 Å². The number of aromatic nitrogens is 9. The van der Waals surface area contributed by atoms with Crippen LogP contribution in [0, 0.1) is 41.5 Å². The van der Waals surface area contributed by atoms with Gasteiger partial charge < -0.3 is 70.6 Å². The van der Waals surface area contributed by atoms with Crippen molar-refractivity contribution in [1.82, 2.24) is 54.7 Å². The number of benzene rings is 10. The topological polar surface area (TPSA) is 234 Å². The average molecular weight is 1970 g/mol. The van der Waals surface area contributed by atoms with Gasteiger partial charge in [0.25, 0.3) is 0 Å². The minimum atomic E-state index is -2.55. The second-order valence-corrected chi connectivity index (χ2v) is 39.1. The van der Waals surface area contributed by atoms with E-state index in [9.17, 15) is 0 Å². The third kappa shape index (κ3) is 15.5. The van der Waals surface area contributed by atoms with Crippen LogP contribution in [-0.2, 0) is 0 Å². The molecule has 0 spiro atoms. The summed E-state index contributed by atoms with van der Waals surface area (Å²) >= 11 is 0. The maximum Gasteiger partial charge on any atom is 0.227 e. The molecule has 10 aromatic carbocycles. The van der Waals surface area contributed by atoms with Gasteiger partial charge in [-0.1, -0.05) is 140 Å². The molecule has 28 rings (SSSR count). The molecule has 22 aromatic rings. The summed E-state index contributed by atoms with van der Waals surface area (Å²) in [6, 6.07) is 67.4. The lowest BCUT2D eigenvalue weighted by atomic mass is 10.1. The van der Waals surface area contributed by atoms with Crippen LogP contribution in [0.15, 0.2) is 313 Å². The van der Waals surface area contributed by atoms with Crippen LogP contribution >= 0.6 is 0 Å². The zero-order valence-corrected chi connectivity index (χ0v) is 86.0. The summed E-state index contributed by atoms with van der Waals surface area (Å²) < 4.78 is 102. The van der Waals surface area contributed by atoms with Gasteiger partial charge in [-0.2, -0.15) is 0 Å². The molecular formula is C121H119N21O6. The third-order valence-corrected chi connectivity index (χ3v) is 29.6. The van der Waals surface area contributed by atoms with E-state index in [2.05, 4.69) is 284 Å². The maximum atomic E-state index is 8.74. The van der Waals surface area contributed by atoms with E-state index in [1.807, 2.05) is 165 Å². The Bertz CT molecular complexity index is 9180. The molecule has 744 valence electrons. The number of aryl methyl sites for hydroxylation is 6. The molecule has 0 radical (unpaired) electrons. The van der Waals surface area contributed by atoms with E-state index in [1.165, 1.54) is 57.2 Å². The van der Waals surface area contributed by atoms with Crippen molar-refractivity contribution in [3.05, 3.63) is 320 Å². The predicted octanol–water partition coefficient (Wildman–Crippen LogP) is 29.1. The highest BCUT2D eigenvalue weighted by molar-refractivity contribution is 6.16. The van der Waals surface area contributed by atoms with Crippen molar-refractivity contribution in [2.45, 2.75) is 180 Å². The Hall–Kier alpha value is -17.2. The summed E-state index contributed by atoms with van der Waals surface area (Å²) in [4.78, 5) is 64.6. The van der Waals surface area contributed by atoms with Crippen molar-refractivity contribution < 1.29 is 37.5 Å². The number of nitrogens with zero attached hydrogens (tertiary/aromatic N) is 21. The van der Waals surface area contributed by atoms with Gasteiger partial charge >= 0.3 is 0 Å². The molecule has 0 bridgehead atoms. The number of anilines is 14. The molecule has 6 aliphatic heterocycles. The highest BCUT2D eigenvalue weighted by Crippen LogP contribution is 2.54. The summed E-state index contributed by atoms with van der Waals surface area (Å²) in [6.45, 7) is 29.5. The van der Waals surface area contributed by atoms with E-state index in [0.717, 1.165) is 172 Å². The molecule has 0 amide bonds. The molecule has 6 aliphatic rings. The van der Waals surface area contributed by atoms with Crippen molar-refractivity contribution >= 4 is 212 Å². The van der Waals surface area contributed by atoms with Crippen molar-refractivity contribution in [3.63, 3.8) is 0 Å². The van der Waals surface area contributed by atoms with Crippen LogP contribution in [-0.4, -0.2) is 131 Å². The highest BCUT2D eigenvalue weighted by atomic mass is 16.4. The number of para-hydroxylation sites is 5. The van der Waals surface area contributed by atoms with Crippen LogP contribution in [0.1, 0.15) is 127 Å². The molecule has 0 saturated heterocycles. The second kappa shape index (κ2) is 37.4. The molecule has 0 fully saturated rings. The van der Waals surface area contributed by atoms with Gasteiger partial charge in [-0.25, -0.2) is 44.9 Å². The minimum absolute atomic E-state index is 0.123. The van der Waals surface area contributed by atoms with Crippen LogP contribution in [0.25, 0.3) is 132 Å². The Balaban J connectivity index is 0.000000102. The zero-order valence-electron chi connectivity index (χ0n) is 94.0. The van der Waals surface area contributed by atoms with Gasteiger partial charge in [0.05, 0.1) is 48.2 Å². The molecule has 148 heavy (non-hydrogen) atoms. The first-order valence-electron chi connectivity index (χ1n) is 54.0. The molecule has 27 nitrogen and oxygen atoms in total. The quantitative estimate of drug-likeness (QED) is 0.131. The van der Waals surface area contributed by atoms with Crippen molar-refractivity contribution in [2.75, 3.05) is 70.1 Å². The standard InChI is InChI=1S/2C22H22N4O.C21H19N3O.C20H18N4O.C19H21N3O.C17H17N3O/c2*1-13(2)25-15(4)26(22-21(25)23-11-12-24-22)19-14(3)9-10-17-16-7-5-6-8-18(16)27-20(17)19;1-13-10-11-15-16-7-6-12-22-21(16)25-20(15)19(13)24-14(2)23(3)17-8-4-5-9-18(17)24;1-12-8-9-15-14-6-4-5-7-16(14)25-18(15)17(12)24-13(2)23(3)19-20(24)22-11-10-21-19;1-12(2)21-10-11-22(14(21)4)17-13(3)7-8-15-16-6-5-9-20-19(16)23-18(15)17;1-11-6-7-13-14-5-4-8-18-17(14)21-16(13)15(11)20-10-9-19(3)12(20)2/h2*5-13,15H,1-4H3;4-12,14H,1-3H3;4-11,13H,1-3H3;5-12,14H,1-4H3;4-10,12H,1-3H3/i1D3,13D;13D;;3D3;;. The first kappa shape index (κ1) is 85.2. The Kier molecular flexibility index (Phi) is 21.5. The Morgan fingerprint density at radius 3 is 0.973 bits per heavy atom. The number of furan rings is 6. The van der Waals surface area contributed by atoms with Gasteiger partial charge in [-0.15, -0.1) is 0 Å². The monoisotopic (exact) mass is 1970 g/mol. The predicted molar refractivity (Wildman–Crippen MR) is 602 cm³/mol. The molecule has 12 aromatic heterocycles. The Morgan fingerprint density at radius 2 is 0.588 bits per heavy atom. The zero-order chi connectivity index (χ0) is 109. The normalized spacial score (nSPS) is 18.6. The van der Waals surface area contributed by atoms with Crippen LogP contribution in [0.5, 0.6) is 0 Å². The number of rotatable bonds is 9. The molecule has 27 heteroatoms. The molecular weight excluding hydrogens is 1840 g/mol. The summed E-state index contributed by atoms with van der Waals surface area (Å²) in [5.74, 6) is 3.23. The van der Waals surface area contributed by atoms with Gasteiger partial charge in [-0.05, 0) is 225 Å². The summed E-state index contributed by atoms with van der Waals surface area (Å²) in [5, 5.41) is 12.7.